The van der Waals surface area contributed by atoms with Gasteiger partial charge in [0.25, 0.3) is 0 Å². The number of phenolic OH excluding ortho intramolecular Hbond substituents is 1. The number of aromatic hydroxyl groups is 1. The van der Waals surface area contributed by atoms with E-state index in [2.05, 4.69) is 15.9 Å². The summed E-state index contributed by atoms with van der Waals surface area (Å²) in [5, 5.41) is 10.1. The SMILES string of the molecule is CCOC(=O)CCC(=O)c1cc(Oc2ccccc2C)cc(Br)c1O. The fourth-order valence-electron chi connectivity index (χ4n) is 2.23. The normalized spacial score (nSPS) is 10.4. The predicted octanol–water partition coefficient (Wildman–Crippen LogP) is 4.78. The molecule has 0 spiro atoms. The van der Waals surface area contributed by atoms with Gasteiger partial charge in [-0.15, -0.1) is 0 Å². The van der Waals surface area contributed by atoms with E-state index in [0.29, 0.717) is 16.0 Å². The zero-order valence-electron chi connectivity index (χ0n) is 14.0. The minimum Gasteiger partial charge on any atom is -0.506 e. The number of ketones is 1. The van der Waals surface area contributed by atoms with Crippen molar-refractivity contribution in [1.29, 1.82) is 0 Å². The van der Waals surface area contributed by atoms with E-state index in [1.54, 1.807) is 13.0 Å². The van der Waals surface area contributed by atoms with Gasteiger partial charge in [-0.2, -0.15) is 0 Å². The molecule has 0 amide bonds. The zero-order valence-corrected chi connectivity index (χ0v) is 15.6. The highest BCUT2D eigenvalue weighted by Crippen LogP contribution is 2.36. The second kappa shape index (κ2) is 8.67. The van der Waals surface area contributed by atoms with Crippen molar-refractivity contribution in [2.24, 2.45) is 0 Å². The van der Waals surface area contributed by atoms with Crippen molar-refractivity contribution in [3.63, 3.8) is 0 Å². The molecule has 0 radical (unpaired) electrons. The Hall–Kier alpha value is -2.34. The average Bonchev–Trinajstić information content (AvgIpc) is 2.58. The van der Waals surface area contributed by atoms with Gasteiger partial charge in [0.2, 0.25) is 0 Å². The van der Waals surface area contributed by atoms with Gasteiger partial charge >= 0.3 is 5.97 Å². The van der Waals surface area contributed by atoms with E-state index in [0.717, 1.165) is 5.56 Å². The quantitative estimate of drug-likeness (QED) is 0.528. The first kappa shape index (κ1) is 19.0. The summed E-state index contributed by atoms with van der Waals surface area (Å²) < 4.78 is 11.0. The van der Waals surface area contributed by atoms with Crippen LogP contribution in [0.25, 0.3) is 0 Å². The van der Waals surface area contributed by atoms with Crippen LogP contribution in [0.3, 0.4) is 0 Å². The van der Waals surface area contributed by atoms with Crippen molar-refractivity contribution < 1.29 is 24.2 Å². The molecular weight excluding hydrogens is 388 g/mol. The number of carbonyl (C=O) groups is 2. The number of hydrogen-bond donors (Lipinski definition) is 1. The average molecular weight is 407 g/mol. The van der Waals surface area contributed by atoms with Gasteiger partial charge in [-0.25, -0.2) is 0 Å². The summed E-state index contributed by atoms with van der Waals surface area (Å²) in [5.41, 5.74) is 1.05. The first-order valence-electron chi connectivity index (χ1n) is 7.87. The molecule has 132 valence electrons. The Kier molecular flexibility index (Phi) is 6.58. The van der Waals surface area contributed by atoms with Crippen LogP contribution in [0.15, 0.2) is 40.9 Å². The van der Waals surface area contributed by atoms with Crippen LogP contribution in [0.2, 0.25) is 0 Å². The second-order valence-corrected chi connectivity index (χ2v) is 6.25. The lowest BCUT2D eigenvalue weighted by molar-refractivity contribution is -0.143. The molecule has 2 rings (SSSR count). The van der Waals surface area contributed by atoms with Crippen molar-refractivity contribution in [1.82, 2.24) is 0 Å². The van der Waals surface area contributed by atoms with Crippen LogP contribution in [0.4, 0.5) is 0 Å². The minimum absolute atomic E-state index is 0.0351. The van der Waals surface area contributed by atoms with Gasteiger partial charge in [0.15, 0.2) is 5.78 Å². The van der Waals surface area contributed by atoms with Crippen molar-refractivity contribution in [2.75, 3.05) is 6.61 Å². The third kappa shape index (κ3) is 5.06. The van der Waals surface area contributed by atoms with Crippen LogP contribution in [0, 0.1) is 6.92 Å². The molecule has 0 heterocycles. The van der Waals surface area contributed by atoms with E-state index >= 15 is 0 Å². The third-order valence-corrected chi connectivity index (χ3v) is 4.12. The van der Waals surface area contributed by atoms with Gasteiger partial charge in [-0.3, -0.25) is 9.59 Å². The van der Waals surface area contributed by atoms with E-state index in [-0.39, 0.29) is 36.5 Å². The number of carbonyl (C=O) groups excluding carboxylic acids is 2. The molecule has 2 aromatic rings. The number of halogens is 1. The fourth-order valence-corrected chi connectivity index (χ4v) is 2.67. The van der Waals surface area contributed by atoms with Gasteiger partial charge in [0.05, 0.1) is 23.1 Å². The highest BCUT2D eigenvalue weighted by molar-refractivity contribution is 9.10. The molecule has 0 aromatic heterocycles. The lowest BCUT2D eigenvalue weighted by atomic mass is 10.1. The maximum Gasteiger partial charge on any atom is 0.306 e. The standard InChI is InChI=1S/C19H19BrO5/c1-3-24-18(22)9-8-16(21)14-10-13(11-15(20)19(14)23)25-17-7-5-4-6-12(17)2/h4-7,10-11,23H,3,8-9H2,1-2H3. The molecule has 1 N–H and O–H groups in total. The highest BCUT2D eigenvalue weighted by atomic mass is 79.9. The molecule has 0 fully saturated rings. The van der Waals surface area contributed by atoms with Crippen molar-refractivity contribution in [2.45, 2.75) is 26.7 Å². The van der Waals surface area contributed by atoms with Gasteiger partial charge in [-0.1, -0.05) is 18.2 Å². The summed E-state index contributed by atoms with van der Waals surface area (Å²) >= 11 is 3.23. The molecule has 0 bridgehead atoms. The summed E-state index contributed by atoms with van der Waals surface area (Å²) in [5.74, 6) is 0.0951. The molecule has 0 saturated carbocycles. The van der Waals surface area contributed by atoms with Crippen LogP contribution in [-0.2, 0) is 9.53 Å². The molecular formula is C19H19BrO5. The lowest BCUT2D eigenvalue weighted by Gasteiger charge is -2.12. The first-order chi connectivity index (χ1) is 11.9. The molecule has 0 atom stereocenters. The van der Waals surface area contributed by atoms with E-state index in [1.807, 2.05) is 31.2 Å². The van der Waals surface area contributed by atoms with Crippen molar-refractivity contribution in [3.05, 3.63) is 52.0 Å². The van der Waals surface area contributed by atoms with Crippen LogP contribution in [-0.4, -0.2) is 23.5 Å². The number of Topliss-reactive ketones (excluding diaryl/α,β-unsaturated/α-hetero) is 1. The molecule has 2 aromatic carbocycles. The van der Waals surface area contributed by atoms with E-state index in [4.69, 9.17) is 9.47 Å². The van der Waals surface area contributed by atoms with E-state index < -0.39 is 5.97 Å². The Morgan fingerprint density at radius 3 is 2.56 bits per heavy atom. The van der Waals surface area contributed by atoms with Gasteiger partial charge in [0.1, 0.15) is 17.2 Å². The van der Waals surface area contributed by atoms with Crippen LogP contribution in [0.1, 0.15) is 35.7 Å². The summed E-state index contributed by atoms with van der Waals surface area (Å²) in [7, 11) is 0. The molecule has 0 aliphatic heterocycles. The Labute approximate surface area is 154 Å². The predicted molar refractivity (Wildman–Crippen MR) is 97.3 cm³/mol. The first-order valence-corrected chi connectivity index (χ1v) is 8.66. The summed E-state index contributed by atoms with van der Waals surface area (Å²) in [6, 6.07) is 10.5. The number of esters is 1. The van der Waals surface area contributed by atoms with Crippen LogP contribution >= 0.6 is 15.9 Å². The zero-order chi connectivity index (χ0) is 18.4. The molecule has 0 aliphatic carbocycles. The molecule has 25 heavy (non-hydrogen) atoms. The van der Waals surface area contributed by atoms with Crippen molar-refractivity contribution >= 4 is 27.7 Å². The Morgan fingerprint density at radius 1 is 1.16 bits per heavy atom. The molecule has 5 nitrogen and oxygen atoms in total. The van der Waals surface area contributed by atoms with E-state index in [1.165, 1.54) is 6.07 Å². The third-order valence-electron chi connectivity index (χ3n) is 3.52. The second-order valence-electron chi connectivity index (χ2n) is 5.40. The number of aryl methyl sites for hydroxylation is 1. The number of phenols is 1. The Morgan fingerprint density at radius 2 is 1.88 bits per heavy atom. The number of para-hydroxylation sites is 1. The number of rotatable bonds is 7. The van der Waals surface area contributed by atoms with Gasteiger partial charge in [-0.05, 0) is 53.5 Å². The number of benzene rings is 2. The number of ether oxygens (including phenoxy) is 2. The molecule has 0 unspecified atom stereocenters. The monoisotopic (exact) mass is 406 g/mol. The topological polar surface area (TPSA) is 72.8 Å². The minimum atomic E-state index is -0.443. The number of hydrogen-bond acceptors (Lipinski definition) is 5. The summed E-state index contributed by atoms with van der Waals surface area (Å²) in [6.07, 6.45) is -0.0841. The summed E-state index contributed by atoms with van der Waals surface area (Å²) in [4.78, 5) is 23.8. The smallest absolute Gasteiger partial charge is 0.306 e. The fraction of sp³-hybridized carbons (Fsp3) is 0.263. The Balaban J connectivity index is 2.21. The van der Waals surface area contributed by atoms with Crippen LogP contribution in [0.5, 0.6) is 17.2 Å². The summed E-state index contributed by atoms with van der Waals surface area (Å²) in [6.45, 7) is 3.88. The van der Waals surface area contributed by atoms with Gasteiger partial charge < -0.3 is 14.6 Å². The lowest BCUT2D eigenvalue weighted by Crippen LogP contribution is -2.08. The van der Waals surface area contributed by atoms with Crippen LogP contribution < -0.4 is 4.74 Å². The Bertz CT molecular complexity index is 785. The van der Waals surface area contributed by atoms with Crippen molar-refractivity contribution in [3.8, 4) is 17.2 Å². The maximum atomic E-state index is 12.4. The van der Waals surface area contributed by atoms with Gasteiger partial charge in [0, 0.05) is 6.42 Å². The molecule has 0 aliphatic rings. The van der Waals surface area contributed by atoms with E-state index in [9.17, 15) is 14.7 Å². The molecule has 0 saturated heterocycles. The largest absolute Gasteiger partial charge is 0.506 e. The maximum absolute atomic E-state index is 12.4. The molecule has 6 heteroatoms. The highest BCUT2D eigenvalue weighted by Gasteiger charge is 2.18.